The number of nitrogens with one attached hydrogen (secondary N) is 1. The number of hydrogen-bond donors (Lipinski definition) is 3. The molecule has 0 unspecified atom stereocenters. The van der Waals surface area contributed by atoms with Gasteiger partial charge in [0.2, 0.25) is 0 Å². The number of benzene rings is 1. The summed E-state index contributed by atoms with van der Waals surface area (Å²) in [6.45, 7) is 0. The van der Waals surface area contributed by atoms with E-state index in [1.807, 2.05) is 0 Å². The molecule has 1 aromatic carbocycles. The van der Waals surface area contributed by atoms with Gasteiger partial charge >= 0.3 is 5.97 Å². The van der Waals surface area contributed by atoms with Crippen molar-refractivity contribution in [3.05, 3.63) is 27.7 Å². The molecular formula is C12H13BrN2O3. The highest BCUT2D eigenvalue weighted by molar-refractivity contribution is 9.10. The summed E-state index contributed by atoms with van der Waals surface area (Å²) in [5.74, 6) is -1.62. The predicted molar refractivity (Wildman–Crippen MR) is 70.9 cm³/mol. The van der Waals surface area contributed by atoms with E-state index in [1.54, 1.807) is 0 Å². The van der Waals surface area contributed by atoms with Crippen molar-refractivity contribution >= 4 is 33.5 Å². The summed E-state index contributed by atoms with van der Waals surface area (Å²) in [5.41, 5.74) is 6.21. The van der Waals surface area contributed by atoms with Crippen molar-refractivity contribution in [3.63, 3.8) is 0 Å². The molecule has 1 aliphatic rings. The molecule has 96 valence electrons. The van der Waals surface area contributed by atoms with Crippen molar-refractivity contribution in [3.8, 4) is 0 Å². The van der Waals surface area contributed by atoms with Crippen LogP contribution in [0.3, 0.4) is 0 Å². The third kappa shape index (κ3) is 2.48. The number of rotatable bonds is 4. The molecule has 4 N–H and O–H groups in total. The Kier molecular flexibility index (Phi) is 3.56. The summed E-state index contributed by atoms with van der Waals surface area (Å²) in [4.78, 5) is 22.4. The van der Waals surface area contributed by atoms with Crippen LogP contribution in [-0.4, -0.2) is 23.0 Å². The third-order valence-electron chi connectivity index (χ3n) is 3.07. The number of carbonyl (C=O) groups is 2. The van der Waals surface area contributed by atoms with E-state index >= 15 is 0 Å². The van der Waals surface area contributed by atoms with Crippen LogP contribution in [0.2, 0.25) is 0 Å². The Morgan fingerprint density at radius 2 is 2.00 bits per heavy atom. The van der Waals surface area contributed by atoms with Crippen molar-refractivity contribution in [2.75, 3.05) is 5.32 Å². The lowest BCUT2D eigenvalue weighted by Crippen LogP contribution is -2.28. The zero-order chi connectivity index (χ0) is 13.3. The number of halogens is 1. The van der Waals surface area contributed by atoms with Crippen LogP contribution in [0, 0.1) is 0 Å². The molecule has 2 rings (SSSR count). The molecule has 5 nitrogen and oxygen atoms in total. The van der Waals surface area contributed by atoms with Crippen molar-refractivity contribution in [1.29, 1.82) is 0 Å². The lowest BCUT2D eigenvalue weighted by atomic mass is 9.92. The smallest absolute Gasteiger partial charge is 0.336 e. The molecule has 0 spiro atoms. The van der Waals surface area contributed by atoms with E-state index in [1.165, 1.54) is 12.1 Å². The second kappa shape index (κ2) is 4.97. The largest absolute Gasteiger partial charge is 0.478 e. The molecular weight excluding hydrogens is 300 g/mol. The van der Waals surface area contributed by atoms with Gasteiger partial charge in [-0.05, 0) is 47.3 Å². The fourth-order valence-electron chi connectivity index (χ4n) is 1.83. The molecule has 1 aromatic rings. The number of carboxylic acids is 1. The summed E-state index contributed by atoms with van der Waals surface area (Å²) in [5, 5.41) is 12.2. The fraction of sp³-hybridized carbons (Fsp3) is 0.333. The summed E-state index contributed by atoms with van der Waals surface area (Å²) in [6.07, 6.45) is 3.19. The van der Waals surface area contributed by atoms with E-state index in [4.69, 9.17) is 10.8 Å². The molecule has 0 aliphatic heterocycles. The second-order valence-electron chi connectivity index (χ2n) is 4.32. The maximum Gasteiger partial charge on any atom is 0.336 e. The summed E-state index contributed by atoms with van der Waals surface area (Å²) >= 11 is 3.13. The molecule has 0 heterocycles. The highest BCUT2D eigenvalue weighted by Crippen LogP contribution is 2.29. The first-order chi connectivity index (χ1) is 8.49. The monoisotopic (exact) mass is 312 g/mol. The summed E-state index contributed by atoms with van der Waals surface area (Å²) in [7, 11) is 0. The van der Waals surface area contributed by atoms with Crippen LogP contribution in [0.25, 0.3) is 0 Å². The SMILES string of the molecule is NC(=O)c1cc(Br)c(C(=O)O)cc1NC1CCC1. The topological polar surface area (TPSA) is 92.4 Å². The Morgan fingerprint density at radius 1 is 1.33 bits per heavy atom. The van der Waals surface area contributed by atoms with Crippen LogP contribution in [0.5, 0.6) is 0 Å². The van der Waals surface area contributed by atoms with Crippen LogP contribution in [-0.2, 0) is 0 Å². The molecule has 1 aliphatic carbocycles. The normalized spacial score (nSPS) is 14.9. The van der Waals surface area contributed by atoms with E-state index in [0.29, 0.717) is 21.8 Å². The molecule has 0 aromatic heterocycles. The van der Waals surface area contributed by atoms with E-state index in [9.17, 15) is 9.59 Å². The minimum atomic E-state index is -1.05. The van der Waals surface area contributed by atoms with Gasteiger partial charge < -0.3 is 16.2 Å². The van der Waals surface area contributed by atoms with Crippen molar-refractivity contribution in [1.82, 2.24) is 0 Å². The molecule has 1 fully saturated rings. The number of aromatic carboxylic acids is 1. The van der Waals surface area contributed by atoms with Gasteiger partial charge in [0.1, 0.15) is 0 Å². The quantitative estimate of drug-likeness (QED) is 0.794. The van der Waals surface area contributed by atoms with E-state index in [2.05, 4.69) is 21.2 Å². The average molecular weight is 313 g/mol. The van der Waals surface area contributed by atoms with Gasteiger partial charge in [0.25, 0.3) is 5.91 Å². The van der Waals surface area contributed by atoms with Gasteiger partial charge in [-0.2, -0.15) is 0 Å². The number of nitrogens with two attached hydrogens (primary N) is 1. The van der Waals surface area contributed by atoms with Crippen LogP contribution in [0.1, 0.15) is 40.0 Å². The van der Waals surface area contributed by atoms with Gasteiger partial charge in [0, 0.05) is 16.2 Å². The first kappa shape index (κ1) is 12.9. The zero-order valence-corrected chi connectivity index (χ0v) is 11.2. The van der Waals surface area contributed by atoms with Gasteiger partial charge in [-0.15, -0.1) is 0 Å². The lowest BCUT2D eigenvalue weighted by molar-refractivity contribution is 0.0695. The molecule has 18 heavy (non-hydrogen) atoms. The Balaban J connectivity index is 2.41. The van der Waals surface area contributed by atoms with Gasteiger partial charge in [0.15, 0.2) is 0 Å². The molecule has 0 bridgehead atoms. The number of carboxylic acid groups (broad SMARTS) is 1. The lowest BCUT2D eigenvalue weighted by Gasteiger charge is -2.28. The highest BCUT2D eigenvalue weighted by Gasteiger charge is 2.21. The number of carbonyl (C=O) groups excluding carboxylic acids is 1. The fourth-order valence-corrected chi connectivity index (χ4v) is 2.35. The Hall–Kier alpha value is -1.56. The third-order valence-corrected chi connectivity index (χ3v) is 3.72. The predicted octanol–water partition coefficient (Wildman–Crippen LogP) is 2.21. The molecule has 0 saturated heterocycles. The highest BCUT2D eigenvalue weighted by atomic mass is 79.9. The average Bonchev–Trinajstić information content (AvgIpc) is 2.23. The Labute approximate surface area is 112 Å². The molecule has 1 amide bonds. The van der Waals surface area contributed by atoms with E-state index in [0.717, 1.165) is 19.3 Å². The van der Waals surface area contributed by atoms with Crippen LogP contribution in [0.4, 0.5) is 5.69 Å². The van der Waals surface area contributed by atoms with Crippen molar-refractivity contribution < 1.29 is 14.7 Å². The first-order valence-corrected chi connectivity index (χ1v) is 6.41. The summed E-state index contributed by atoms with van der Waals surface area (Å²) in [6, 6.07) is 3.20. The van der Waals surface area contributed by atoms with E-state index < -0.39 is 11.9 Å². The van der Waals surface area contributed by atoms with Gasteiger partial charge in [-0.25, -0.2) is 4.79 Å². The van der Waals surface area contributed by atoms with Crippen molar-refractivity contribution in [2.24, 2.45) is 5.73 Å². The summed E-state index contributed by atoms with van der Waals surface area (Å²) < 4.78 is 0.350. The Bertz CT molecular complexity index is 512. The maximum atomic E-state index is 11.4. The number of amides is 1. The van der Waals surface area contributed by atoms with Gasteiger partial charge in [-0.3, -0.25) is 4.79 Å². The molecule has 6 heteroatoms. The maximum absolute atomic E-state index is 11.4. The van der Waals surface area contributed by atoms with Crippen LogP contribution < -0.4 is 11.1 Å². The van der Waals surface area contributed by atoms with Crippen molar-refractivity contribution in [2.45, 2.75) is 25.3 Å². The molecule has 1 saturated carbocycles. The standard InChI is InChI=1S/C12H13BrN2O3/c13-9-4-8(11(14)16)10(5-7(9)12(17)18)15-6-2-1-3-6/h4-6,15H,1-3H2,(H2,14,16)(H,17,18). The Morgan fingerprint density at radius 3 is 2.44 bits per heavy atom. The first-order valence-electron chi connectivity index (χ1n) is 5.62. The zero-order valence-electron chi connectivity index (χ0n) is 9.57. The minimum absolute atomic E-state index is 0.113. The van der Waals surface area contributed by atoms with Crippen LogP contribution >= 0.6 is 15.9 Å². The van der Waals surface area contributed by atoms with Crippen LogP contribution in [0.15, 0.2) is 16.6 Å². The molecule has 0 radical (unpaired) electrons. The number of primary amides is 1. The van der Waals surface area contributed by atoms with Gasteiger partial charge in [-0.1, -0.05) is 0 Å². The minimum Gasteiger partial charge on any atom is -0.478 e. The van der Waals surface area contributed by atoms with Gasteiger partial charge in [0.05, 0.1) is 11.1 Å². The molecule has 0 atom stereocenters. The number of hydrogen-bond acceptors (Lipinski definition) is 3. The number of anilines is 1. The second-order valence-corrected chi connectivity index (χ2v) is 5.17. The van der Waals surface area contributed by atoms with E-state index in [-0.39, 0.29) is 5.56 Å².